The number of hydrogen-bond donors (Lipinski definition) is 2. The van der Waals surface area contributed by atoms with Gasteiger partial charge < -0.3 is 15.2 Å². The van der Waals surface area contributed by atoms with Gasteiger partial charge >= 0.3 is 0 Å². The Morgan fingerprint density at radius 2 is 2.26 bits per heavy atom. The van der Waals surface area contributed by atoms with Crippen LogP contribution in [0, 0.1) is 0 Å². The monoisotopic (exact) mass is 283 g/mol. The Morgan fingerprint density at radius 3 is 2.89 bits per heavy atom. The van der Waals surface area contributed by atoms with Crippen molar-refractivity contribution in [2.75, 3.05) is 18.6 Å². The number of nitrogens with one attached hydrogen (secondary N) is 1. The number of carbonyl (C=O) groups is 1. The SMILES string of the molecule is CCSCCC(C)NC(=O)c1cccc(OC)c1O. The van der Waals surface area contributed by atoms with Gasteiger partial charge in [-0.15, -0.1) is 0 Å². The lowest BCUT2D eigenvalue weighted by Crippen LogP contribution is -2.33. The molecule has 0 spiro atoms. The van der Waals surface area contributed by atoms with Crippen LogP contribution < -0.4 is 10.1 Å². The number of rotatable bonds is 7. The molecule has 1 amide bonds. The summed E-state index contributed by atoms with van der Waals surface area (Å²) < 4.78 is 4.99. The van der Waals surface area contributed by atoms with Crippen LogP contribution in [0.2, 0.25) is 0 Å². The van der Waals surface area contributed by atoms with E-state index in [1.54, 1.807) is 18.2 Å². The number of benzene rings is 1. The van der Waals surface area contributed by atoms with Crippen LogP contribution in [-0.2, 0) is 0 Å². The van der Waals surface area contributed by atoms with E-state index in [1.807, 2.05) is 18.7 Å². The van der Waals surface area contributed by atoms with Crippen molar-refractivity contribution in [2.45, 2.75) is 26.3 Å². The molecule has 0 bridgehead atoms. The molecule has 0 radical (unpaired) electrons. The van der Waals surface area contributed by atoms with Crippen molar-refractivity contribution >= 4 is 17.7 Å². The molecule has 0 saturated heterocycles. The number of amides is 1. The highest BCUT2D eigenvalue weighted by molar-refractivity contribution is 7.99. The molecule has 1 aromatic rings. The normalized spacial score (nSPS) is 11.9. The standard InChI is InChI=1S/C14H21NO3S/c1-4-19-9-8-10(2)15-14(17)11-6-5-7-12(18-3)13(11)16/h5-7,10,16H,4,8-9H2,1-3H3,(H,15,17). The first-order chi connectivity index (χ1) is 9.10. The van der Waals surface area contributed by atoms with Crippen LogP contribution in [0.1, 0.15) is 30.6 Å². The van der Waals surface area contributed by atoms with E-state index in [1.165, 1.54) is 7.11 Å². The van der Waals surface area contributed by atoms with Crippen LogP contribution in [0.15, 0.2) is 18.2 Å². The first-order valence-electron chi connectivity index (χ1n) is 6.34. The maximum absolute atomic E-state index is 12.0. The van der Waals surface area contributed by atoms with E-state index in [-0.39, 0.29) is 23.3 Å². The molecular formula is C14H21NO3S. The molecule has 106 valence electrons. The lowest BCUT2D eigenvalue weighted by atomic mass is 10.1. The third-order valence-electron chi connectivity index (χ3n) is 2.74. The first-order valence-corrected chi connectivity index (χ1v) is 7.50. The topological polar surface area (TPSA) is 58.6 Å². The summed E-state index contributed by atoms with van der Waals surface area (Å²) in [4.78, 5) is 12.0. The van der Waals surface area contributed by atoms with Crippen LogP contribution in [0.4, 0.5) is 0 Å². The zero-order valence-electron chi connectivity index (χ0n) is 11.6. The molecule has 0 aliphatic heterocycles. The van der Waals surface area contributed by atoms with Gasteiger partial charge in [-0.1, -0.05) is 13.0 Å². The largest absolute Gasteiger partial charge is 0.504 e. The fourth-order valence-electron chi connectivity index (χ4n) is 1.65. The van der Waals surface area contributed by atoms with Gasteiger partial charge in [0.25, 0.3) is 5.91 Å². The first kappa shape index (κ1) is 15.7. The van der Waals surface area contributed by atoms with Crippen molar-refractivity contribution < 1.29 is 14.6 Å². The molecular weight excluding hydrogens is 262 g/mol. The van der Waals surface area contributed by atoms with E-state index >= 15 is 0 Å². The molecule has 1 aromatic carbocycles. The number of ether oxygens (including phenoxy) is 1. The highest BCUT2D eigenvalue weighted by Crippen LogP contribution is 2.29. The van der Waals surface area contributed by atoms with E-state index in [4.69, 9.17) is 4.74 Å². The van der Waals surface area contributed by atoms with Gasteiger partial charge in [0.15, 0.2) is 11.5 Å². The second-order valence-electron chi connectivity index (χ2n) is 4.22. The van der Waals surface area contributed by atoms with Gasteiger partial charge in [0.2, 0.25) is 0 Å². The number of thioether (sulfide) groups is 1. The number of aromatic hydroxyl groups is 1. The van der Waals surface area contributed by atoms with Gasteiger partial charge in [-0.3, -0.25) is 4.79 Å². The number of phenols is 1. The summed E-state index contributed by atoms with van der Waals surface area (Å²) in [5.74, 6) is 2.02. The van der Waals surface area contributed by atoms with Crippen LogP contribution in [-0.4, -0.2) is 35.7 Å². The average Bonchev–Trinajstić information content (AvgIpc) is 2.39. The average molecular weight is 283 g/mol. The molecule has 1 unspecified atom stereocenters. The quantitative estimate of drug-likeness (QED) is 0.755. The van der Waals surface area contributed by atoms with E-state index in [0.717, 1.165) is 17.9 Å². The lowest BCUT2D eigenvalue weighted by molar-refractivity contribution is 0.0936. The Kier molecular flexibility index (Phi) is 6.56. The number of para-hydroxylation sites is 1. The van der Waals surface area contributed by atoms with Crippen molar-refractivity contribution in [2.24, 2.45) is 0 Å². The summed E-state index contributed by atoms with van der Waals surface area (Å²) in [7, 11) is 1.46. The minimum absolute atomic E-state index is 0.0807. The second-order valence-corrected chi connectivity index (χ2v) is 5.61. The van der Waals surface area contributed by atoms with Crippen LogP contribution in [0.25, 0.3) is 0 Å². The van der Waals surface area contributed by atoms with E-state index < -0.39 is 0 Å². The maximum atomic E-state index is 12.0. The van der Waals surface area contributed by atoms with Gasteiger partial charge in [0, 0.05) is 6.04 Å². The van der Waals surface area contributed by atoms with Crippen molar-refractivity contribution in [1.82, 2.24) is 5.32 Å². The molecule has 19 heavy (non-hydrogen) atoms. The second kappa shape index (κ2) is 7.94. The molecule has 5 heteroatoms. The predicted octanol–water partition coefficient (Wildman–Crippen LogP) is 2.66. The van der Waals surface area contributed by atoms with Crippen LogP contribution in [0.3, 0.4) is 0 Å². The minimum atomic E-state index is -0.273. The van der Waals surface area contributed by atoms with Crippen molar-refractivity contribution in [3.8, 4) is 11.5 Å². The highest BCUT2D eigenvalue weighted by atomic mass is 32.2. The zero-order chi connectivity index (χ0) is 14.3. The summed E-state index contributed by atoms with van der Waals surface area (Å²) in [6.45, 7) is 4.08. The third kappa shape index (κ3) is 4.67. The number of hydrogen-bond acceptors (Lipinski definition) is 4. The fraction of sp³-hybridized carbons (Fsp3) is 0.500. The molecule has 0 fully saturated rings. The van der Waals surface area contributed by atoms with Gasteiger partial charge in [-0.05, 0) is 37.0 Å². The molecule has 2 N–H and O–H groups in total. The van der Waals surface area contributed by atoms with Crippen LogP contribution >= 0.6 is 11.8 Å². The molecule has 0 heterocycles. The summed E-state index contributed by atoms with van der Waals surface area (Å²) in [6.07, 6.45) is 0.912. The zero-order valence-corrected chi connectivity index (χ0v) is 12.4. The molecule has 0 aromatic heterocycles. The lowest BCUT2D eigenvalue weighted by Gasteiger charge is -2.14. The molecule has 4 nitrogen and oxygen atoms in total. The summed E-state index contributed by atoms with van der Waals surface area (Å²) >= 11 is 1.85. The summed E-state index contributed by atoms with van der Waals surface area (Å²) in [5, 5.41) is 12.8. The van der Waals surface area contributed by atoms with Crippen molar-refractivity contribution in [3.63, 3.8) is 0 Å². The Bertz CT molecular complexity index is 423. The Hall–Kier alpha value is -1.36. The molecule has 1 rings (SSSR count). The molecule has 0 aliphatic rings. The van der Waals surface area contributed by atoms with Crippen LogP contribution in [0.5, 0.6) is 11.5 Å². The Balaban J connectivity index is 2.63. The number of phenolic OH excluding ortho intramolecular Hbond substituents is 1. The maximum Gasteiger partial charge on any atom is 0.255 e. The Labute approximate surface area is 118 Å². The van der Waals surface area contributed by atoms with Gasteiger partial charge in [0.1, 0.15) is 0 Å². The molecule has 0 aliphatic carbocycles. The van der Waals surface area contributed by atoms with Gasteiger partial charge in [-0.2, -0.15) is 11.8 Å². The van der Waals surface area contributed by atoms with E-state index in [0.29, 0.717) is 5.75 Å². The molecule has 1 atom stereocenters. The van der Waals surface area contributed by atoms with Crippen molar-refractivity contribution in [3.05, 3.63) is 23.8 Å². The smallest absolute Gasteiger partial charge is 0.255 e. The minimum Gasteiger partial charge on any atom is -0.504 e. The molecule has 0 saturated carbocycles. The van der Waals surface area contributed by atoms with Crippen molar-refractivity contribution in [1.29, 1.82) is 0 Å². The Morgan fingerprint density at radius 1 is 1.53 bits per heavy atom. The highest BCUT2D eigenvalue weighted by Gasteiger charge is 2.16. The van der Waals surface area contributed by atoms with E-state index in [9.17, 15) is 9.90 Å². The summed E-state index contributed by atoms with van der Waals surface area (Å²) in [5.41, 5.74) is 0.245. The van der Waals surface area contributed by atoms with Gasteiger partial charge in [-0.25, -0.2) is 0 Å². The third-order valence-corrected chi connectivity index (χ3v) is 3.67. The predicted molar refractivity (Wildman–Crippen MR) is 79.2 cm³/mol. The number of carbonyl (C=O) groups excluding carboxylic acids is 1. The fourth-order valence-corrected chi connectivity index (χ4v) is 2.46. The summed E-state index contributed by atoms with van der Waals surface area (Å²) in [6, 6.07) is 4.97. The van der Waals surface area contributed by atoms with Gasteiger partial charge in [0.05, 0.1) is 12.7 Å². The van der Waals surface area contributed by atoms with E-state index in [2.05, 4.69) is 12.2 Å². The number of methoxy groups -OCH3 is 1.